The van der Waals surface area contributed by atoms with Crippen LogP contribution in [-0.2, 0) is 10.0 Å². The van der Waals surface area contributed by atoms with Gasteiger partial charge in [-0.2, -0.15) is 5.26 Å². The van der Waals surface area contributed by atoms with E-state index in [1.54, 1.807) is 36.4 Å². The fourth-order valence-electron chi connectivity index (χ4n) is 2.51. The molecule has 0 aliphatic rings. The van der Waals surface area contributed by atoms with Crippen molar-refractivity contribution in [1.29, 1.82) is 5.26 Å². The van der Waals surface area contributed by atoms with Gasteiger partial charge in [-0.05, 0) is 35.9 Å². The first-order valence-electron chi connectivity index (χ1n) is 7.29. The number of benzene rings is 2. The number of primary sulfonamides is 1. The lowest BCUT2D eigenvalue weighted by molar-refractivity contribution is 0.555. The number of pyridine rings is 1. The topological polar surface area (TPSA) is 96.8 Å². The number of hydrogen-bond donors (Lipinski definition) is 1. The minimum absolute atomic E-state index is 0.134. The van der Waals surface area contributed by atoms with Crippen LogP contribution in [0.4, 0.5) is 8.78 Å². The Labute approximate surface area is 148 Å². The molecule has 1 aromatic heterocycles. The molecule has 0 amide bonds. The number of aromatic nitrogens is 1. The quantitative estimate of drug-likeness (QED) is 0.764. The molecule has 0 aliphatic carbocycles. The summed E-state index contributed by atoms with van der Waals surface area (Å²) in [4.78, 5) is 3.19. The van der Waals surface area contributed by atoms with Gasteiger partial charge in [0.2, 0.25) is 10.0 Å². The molecular weight excluding hydrogens is 360 g/mol. The third-order valence-electron chi connectivity index (χ3n) is 3.72. The van der Waals surface area contributed by atoms with Crippen molar-refractivity contribution in [1.82, 2.24) is 4.98 Å². The van der Waals surface area contributed by atoms with Gasteiger partial charge in [0.25, 0.3) is 0 Å². The lowest BCUT2D eigenvalue weighted by atomic mass is 9.98. The van der Waals surface area contributed by atoms with Gasteiger partial charge in [0.05, 0.1) is 17.3 Å². The average molecular weight is 371 g/mol. The van der Waals surface area contributed by atoms with Gasteiger partial charge in [-0.3, -0.25) is 4.98 Å². The molecule has 8 heteroatoms. The van der Waals surface area contributed by atoms with Gasteiger partial charge in [0.15, 0.2) is 0 Å². The molecule has 0 radical (unpaired) electrons. The average Bonchev–Trinajstić information content (AvgIpc) is 2.62. The molecule has 0 saturated heterocycles. The molecule has 5 nitrogen and oxygen atoms in total. The van der Waals surface area contributed by atoms with Gasteiger partial charge in [0.1, 0.15) is 16.5 Å². The van der Waals surface area contributed by atoms with Crippen molar-refractivity contribution in [3.63, 3.8) is 0 Å². The van der Waals surface area contributed by atoms with Crippen molar-refractivity contribution in [2.75, 3.05) is 0 Å². The van der Waals surface area contributed by atoms with Gasteiger partial charge < -0.3 is 0 Å². The fraction of sp³-hybridized carbons (Fsp3) is 0. The minimum Gasteiger partial charge on any atom is -0.255 e. The predicted molar refractivity (Wildman–Crippen MR) is 91.1 cm³/mol. The molecule has 0 spiro atoms. The number of nitrogens with zero attached hydrogens (tertiary/aromatic N) is 2. The molecule has 0 saturated carbocycles. The number of rotatable bonds is 3. The first-order valence-corrected chi connectivity index (χ1v) is 8.83. The lowest BCUT2D eigenvalue weighted by Gasteiger charge is -2.11. The van der Waals surface area contributed by atoms with Crippen molar-refractivity contribution in [2.24, 2.45) is 5.14 Å². The van der Waals surface area contributed by atoms with E-state index in [1.165, 1.54) is 6.20 Å². The summed E-state index contributed by atoms with van der Waals surface area (Å²) < 4.78 is 51.3. The van der Waals surface area contributed by atoms with Crippen molar-refractivity contribution >= 4 is 10.0 Å². The molecule has 3 rings (SSSR count). The van der Waals surface area contributed by atoms with Crippen LogP contribution in [0.15, 0.2) is 59.6 Å². The maximum absolute atomic E-state index is 14.5. The minimum atomic E-state index is -4.39. The molecule has 26 heavy (non-hydrogen) atoms. The van der Waals surface area contributed by atoms with Crippen LogP contribution in [0.2, 0.25) is 0 Å². The molecule has 1 heterocycles. The van der Waals surface area contributed by atoms with E-state index >= 15 is 0 Å². The summed E-state index contributed by atoms with van der Waals surface area (Å²) in [5, 5.41) is 13.8. The number of halogens is 2. The Morgan fingerprint density at radius 1 is 1.00 bits per heavy atom. The van der Waals surface area contributed by atoms with Gasteiger partial charge in [0, 0.05) is 17.3 Å². The van der Waals surface area contributed by atoms with E-state index < -0.39 is 26.6 Å². The summed E-state index contributed by atoms with van der Waals surface area (Å²) >= 11 is 0. The van der Waals surface area contributed by atoms with E-state index in [4.69, 9.17) is 10.4 Å². The van der Waals surface area contributed by atoms with Crippen LogP contribution >= 0.6 is 0 Å². The molecule has 0 aliphatic heterocycles. The van der Waals surface area contributed by atoms with Crippen LogP contribution in [0.1, 0.15) is 5.56 Å². The third-order valence-corrected chi connectivity index (χ3v) is 4.64. The van der Waals surface area contributed by atoms with Crippen LogP contribution < -0.4 is 5.14 Å². The summed E-state index contributed by atoms with van der Waals surface area (Å²) in [6.45, 7) is 0. The first kappa shape index (κ1) is 17.7. The Bertz CT molecular complexity index is 1140. The Balaban J connectivity index is 2.20. The van der Waals surface area contributed by atoms with Crippen molar-refractivity contribution in [3.05, 3.63) is 71.9 Å². The molecule has 2 N–H and O–H groups in total. The highest BCUT2D eigenvalue weighted by molar-refractivity contribution is 7.89. The fourth-order valence-corrected chi connectivity index (χ4v) is 3.10. The van der Waals surface area contributed by atoms with E-state index in [-0.39, 0.29) is 11.3 Å². The largest absolute Gasteiger partial charge is 0.255 e. The number of nitrogens with two attached hydrogens (primary N) is 1. The van der Waals surface area contributed by atoms with Crippen molar-refractivity contribution < 1.29 is 17.2 Å². The third kappa shape index (κ3) is 3.31. The van der Waals surface area contributed by atoms with E-state index in [0.717, 1.165) is 6.07 Å². The smallest absolute Gasteiger partial charge is 0.241 e. The molecule has 0 bridgehead atoms. The Morgan fingerprint density at radius 3 is 2.31 bits per heavy atom. The van der Waals surface area contributed by atoms with Gasteiger partial charge in [-0.1, -0.05) is 18.2 Å². The second kappa shape index (κ2) is 6.63. The molecule has 0 unspecified atom stereocenters. The van der Waals surface area contributed by atoms with Crippen LogP contribution in [0.3, 0.4) is 0 Å². The molecule has 0 fully saturated rings. The molecule has 0 atom stereocenters. The number of hydrogen-bond acceptors (Lipinski definition) is 4. The summed E-state index contributed by atoms with van der Waals surface area (Å²) in [6.07, 6.45) is 1.41. The molecular formula is C18H11F2N3O2S. The number of sulfonamides is 1. The zero-order valence-electron chi connectivity index (χ0n) is 13.1. The summed E-state index contributed by atoms with van der Waals surface area (Å²) in [5.41, 5.74) is 1.53. The number of nitriles is 1. The van der Waals surface area contributed by atoms with Crippen LogP contribution in [0.25, 0.3) is 22.4 Å². The van der Waals surface area contributed by atoms with Crippen LogP contribution in [-0.4, -0.2) is 13.4 Å². The highest BCUT2D eigenvalue weighted by Gasteiger charge is 2.21. The van der Waals surface area contributed by atoms with Gasteiger partial charge in [-0.15, -0.1) is 0 Å². The highest BCUT2D eigenvalue weighted by Crippen LogP contribution is 2.33. The highest BCUT2D eigenvalue weighted by atomic mass is 32.2. The van der Waals surface area contributed by atoms with Crippen molar-refractivity contribution in [2.45, 2.75) is 4.90 Å². The zero-order chi connectivity index (χ0) is 18.9. The molecule has 3 aromatic rings. The molecule has 2 aromatic carbocycles. The maximum Gasteiger partial charge on any atom is 0.241 e. The Hall–Kier alpha value is -3.15. The Kier molecular flexibility index (Phi) is 4.50. The molecule has 130 valence electrons. The van der Waals surface area contributed by atoms with Gasteiger partial charge in [-0.25, -0.2) is 22.3 Å². The van der Waals surface area contributed by atoms with E-state index in [2.05, 4.69) is 4.98 Å². The van der Waals surface area contributed by atoms with Crippen LogP contribution in [0, 0.1) is 23.0 Å². The van der Waals surface area contributed by atoms with Crippen LogP contribution in [0.5, 0.6) is 0 Å². The summed E-state index contributed by atoms with van der Waals surface area (Å²) in [5.74, 6) is -2.13. The first-order chi connectivity index (χ1) is 12.3. The summed E-state index contributed by atoms with van der Waals surface area (Å²) in [6, 6.07) is 13.1. The maximum atomic E-state index is 14.5. The van der Waals surface area contributed by atoms with Crippen molar-refractivity contribution in [3.8, 4) is 28.5 Å². The second-order valence-corrected chi connectivity index (χ2v) is 6.93. The predicted octanol–water partition coefficient (Wildman–Crippen LogP) is 3.21. The van der Waals surface area contributed by atoms with Gasteiger partial charge >= 0.3 is 0 Å². The normalized spacial score (nSPS) is 11.2. The van der Waals surface area contributed by atoms with E-state index in [9.17, 15) is 17.2 Å². The monoisotopic (exact) mass is 371 g/mol. The lowest BCUT2D eigenvalue weighted by Crippen LogP contribution is -2.14. The SMILES string of the molecule is N#Cc1ccc(-c2cccnc2-c2cc(F)c(S(N)(=O)=O)cc2F)cc1. The Morgan fingerprint density at radius 2 is 1.69 bits per heavy atom. The van der Waals surface area contributed by atoms with E-state index in [0.29, 0.717) is 22.8 Å². The second-order valence-electron chi connectivity index (χ2n) is 5.40. The summed E-state index contributed by atoms with van der Waals surface area (Å²) in [7, 11) is -4.39. The zero-order valence-corrected chi connectivity index (χ0v) is 14.0. The van der Waals surface area contributed by atoms with E-state index in [1.807, 2.05) is 6.07 Å². The standard InChI is InChI=1S/C18H11F2N3O2S/c19-15-9-17(26(22,24)25)16(20)8-14(15)18-13(2-1-7-23-18)12-5-3-11(10-21)4-6-12/h1-9H,(H2,22,24,25).